The van der Waals surface area contributed by atoms with Crippen molar-refractivity contribution in [2.45, 2.75) is 0 Å². The van der Waals surface area contributed by atoms with E-state index in [4.69, 9.17) is 9.47 Å². The van der Waals surface area contributed by atoms with Gasteiger partial charge >= 0.3 is 0 Å². The maximum atomic E-state index is 5.41. The number of hydrogen-bond donors (Lipinski definition) is 0. The first-order chi connectivity index (χ1) is 7.40. The van der Waals surface area contributed by atoms with Crippen LogP contribution in [0.15, 0.2) is 36.5 Å². The highest BCUT2D eigenvalue weighted by Crippen LogP contribution is 2.51. The Bertz CT molecular complexity index is 503. The van der Waals surface area contributed by atoms with Gasteiger partial charge in [-0.25, -0.2) is 4.98 Å². The summed E-state index contributed by atoms with van der Waals surface area (Å²) < 4.78 is 10.6. The Morgan fingerprint density at radius 2 is 1.93 bits per heavy atom. The van der Waals surface area contributed by atoms with Crippen LogP contribution in [0.25, 0.3) is 11.1 Å². The van der Waals surface area contributed by atoms with E-state index in [9.17, 15) is 0 Å². The molecule has 74 valence electrons. The molecule has 2 heterocycles. The lowest BCUT2D eigenvalue weighted by atomic mass is 10.0. The second-order valence-electron chi connectivity index (χ2n) is 3.29. The van der Waals surface area contributed by atoms with E-state index in [0.29, 0.717) is 5.88 Å². The summed E-state index contributed by atoms with van der Waals surface area (Å²) in [5.74, 6) is 2.41. The lowest BCUT2D eigenvalue weighted by Crippen LogP contribution is -2.02. The number of nitrogens with zero attached hydrogens (tertiary/aromatic N) is 1. The number of rotatable bonds is 2. The molecule has 1 aromatic carbocycles. The summed E-state index contributed by atoms with van der Waals surface area (Å²) in [6, 6.07) is 9.73. The molecule has 0 spiro atoms. The molecule has 0 fully saturated rings. The summed E-state index contributed by atoms with van der Waals surface area (Å²) in [5, 5.41) is 0. The van der Waals surface area contributed by atoms with Crippen LogP contribution in [0.4, 0.5) is 0 Å². The van der Waals surface area contributed by atoms with E-state index in [-0.39, 0.29) is 0 Å². The van der Waals surface area contributed by atoms with Crippen LogP contribution in [0.5, 0.6) is 17.4 Å². The van der Waals surface area contributed by atoms with Crippen molar-refractivity contribution in [3.05, 3.63) is 36.5 Å². The van der Waals surface area contributed by atoms with Crippen LogP contribution < -0.4 is 9.47 Å². The summed E-state index contributed by atoms with van der Waals surface area (Å²) in [7, 11) is 1.62. The average Bonchev–Trinajstić information content (AvgIpc) is 2.30. The van der Waals surface area contributed by atoms with E-state index in [1.54, 1.807) is 13.3 Å². The summed E-state index contributed by atoms with van der Waals surface area (Å²) in [4.78, 5) is 4.16. The highest BCUT2D eigenvalue weighted by atomic mass is 16.5. The van der Waals surface area contributed by atoms with Crippen molar-refractivity contribution in [2.24, 2.45) is 0 Å². The van der Waals surface area contributed by atoms with Crippen molar-refractivity contribution in [1.82, 2.24) is 4.98 Å². The van der Waals surface area contributed by atoms with Crippen LogP contribution in [0, 0.1) is 0 Å². The zero-order valence-electron chi connectivity index (χ0n) is 8.23. The second kappa shape index (κ2) is 2.98. The number of methoxy groups -OCH3 is 1. The second-order valence-corrected chi connectivity index (χ2v) is 3.29. The number of benzene rings is 1. The monoisotopic (exact) mass is 199 g/mol. The Morgan fingerprint density at radius 1 is 1.13 bits per heavy atom. The molecule has 0 unspecified atom stereocenters. The standard InChI is InChI=1S/C12H9NO2/c1-14-12-8(4-3-7-13-12)11-9-5-2-6-10(11)15-9/h2-7H,1H3. The van der Waals surface area contributed by atoms with E-state index in [0.717, 1.165) is 22.6 Å². The Morgan fingerprint density at radius 3 is 2.60 bits per heavy atom. The smallest absolute Gasteiger partial charge is 0.221 e. The molecule has 1 aliphatic rings. The topological polar surface area (TPSA) is 31.4 Å². The van der Waals surface area contributed by atoms with E-state index in [2.05, 4.69) is 4.98 Å². The van der Waals surface area contributed by atoms with Gasteiger partial charge in [-0.15, -0.1) is 0 Å². The molecule has 1 aromatic heterocycles. The molecule has 3 heteroatoms. The maximum absolute atomic E-state index is 5.41. The van der Waals surface area contributed by atoms with E-state index in [1.807, 2.05) is 30.3 Å². The molecule has 0 amide bonds. The van der Waals surface area contributed by atoms with Crippen molar-refractivity contribution >= 4 is 0 Å². The molecule has 0 N–H and O–H groups in total. The fourth-order valence-corrected chi connectivity index (χ4v) is 1.76. The van der Waals surface area contributed by atoms with Gasteiger partial charge in [-0.2, -0.15) is 0 Å². The quantitative estimate of drug-likeness (QED) is 0.636. The minimum absolute atomic E-state index is 0.634. The molecule has 3 rings (SSSR count). The van der Waals surface area contributed by atoms with Gasteiger partial charge in [0.1, 0.15) is 11.5 Å². The first-order valence-electron chi connectivity index (χ1n) is 4.70. The third-order valence-electron chi connectivity index (χ3n) is 2.44. The fraction of sp³-hybridized carbons (Fsp3) is 0.0833. The minimum Gasteiger partial charge on any atom is -0.481 e. The molecule has 0 saturated heterocycles. The molecule has 2 aromatic rings. The van der Waals surface area contributed by atoms with Crippen LogP contribution in [0.2, 0.25) is 0 Å². The number of hydrogen-bond acceptors (Lipinski definition) is 3. The summed E-state index contributed by atoms with van der Waals surface area (Å²) in [6.45, 7) is 0. The molecule has 2 bridgehead atoms. The van der Waals surface area contributed by atoms with Crippen LogP contribution >= 0.6 is 0 Å². The third kappa shape index (κ3) is 1.09. The summed E-state index contributed by atoms with van der Waals surface area (Å²) >= 11 is 0. The first kappa shape index (κ1) is 8.29. The molecule has 0 aliphatic carbocycles. The molecule has 0 atom stereocenters. The maximum Gasteiger partial charge on any atom is 0.221 e. The number of aromatic nitrogens is 1. The van der Waals surface area contributed by atoms with Gasteiger partial charge in [-0.3, -0.25) is 0 Å². The lowest BCUT2D eigenvalue weighted by molar-refractivity contribution is 0.396. The zero-order valence-corrected chi connectivity index (χ0v) is 8.23. The van der Waals surface area contributed by atoms with Gasteiger partial charge in [0.05, 0.1) is 18.2 Å². The van der Waals surface area contributed by atoms with Crippen molar-refractivity contribution in [1.29, 1.82) is 0 Å². The summed E-state index contributed by atoms with van der Waals surface area (Å²) in [6.07, 6.45) is 1.72. The van der Waals surface area contributed by atoms with Gasteiger partial charge in [-0.1, -0.05) is 6.07 Å². The molecule has 1 aliphatic heterocycles. The van der Waals surface area contributed by atoms with Crippen molar-refractivity contribution in [3.63, 3.8) is 0 Å². The molecule has 0 radical (unpaired) electrons. The van der Waals surface area contributed by atoms with Crippen molar-refractivity contribution in [3.8, 4) is 28.5 Å². The third-order valence-corrected chi connectivity index (χ3v) is 2.44. The van der Waals surface area contributed by atoms with E-state index >= 15 is 0 Å². The number of ether oxygens (including phenoxy) is 2. The Labute approximate surface area is 87.3 Å². The van der Waals surface area contributed by atoms with Gasteiger partial charge in [0.2, 0.25) is 5.88 Å². The van der Waals surface area contributed by atoms with Gasteiger partial charge in [0.15, 0.2) is 0 Å². The van der Waals surface area contributed by atoms with Crippen molar-refractivity contribution in [2.75, 3.05) is 7.11 Å². The van der Waals surface area contributed by atoms with Gasteiger partial charge < -0.3 is 9.47 Å². The average molecular weight is 199 g/mol. The fourth-order valence-electron chi connectivity index (χ4n) is 1.76. The SMILES string of the molecule is COc1ncccc1-c1c2cccc1O2. The molecule has 3 nitrogen and oxygen atoms in total. The summed E-state index contributed by atoms with van der Waals surface area (Å²) in [5.41, 5.74) is 2.07. The Balaban J connectivity index is 2.20. The molecule has 15 heavy (non-hydrogen) atoms. The number of pyridine rings is 1. The van der Waals surface area contributed by atoms with Crippen LogP contribution in [0.1, 0.15) is 0 Å². The first-order valence-corrected chi connectivity index (χ1v) is 4.70. The number of fused-ring (bicyclic) bond motifs is 2. The highest BCUT2D eigenvalue weighted by molar-refractivity contribution is 5.85. The largest absolute Gasteiger partial charge is 0.481 e. The molecule has 0 saturated carbocycles. The van der Waals surface area contributed by atoms with Crippen LogP contribution in [-0.2, 0) is 0 Å². The van der Waals surface area contributed by atoms with E-state index < -0.39 is 0 Å². The van der Waals surface area contributed by atoms with Crippen LogP contribution in [-0.4, -0.2) is 12.1 Å². The van der Waals surface area contributed by atoms with Gasteiger partial charge in [0.25, 0.3) is 0 Å². The normalized spacial score (nSPS) is 11.5. The predicted molar refractivity (Wildman–Crippen MR) is 56.3 cm³/mol. The lowest BCUT2D eigenvalue weighted by Gasteiger charge is -2.24. The van der Waals surface area contributed by atoms with Crippen LogP contribution in [0.3, 0.4) is 0 Å². The molecular formula is C12H9NO2. The predicted octanol–water partition coefficient (Wildman–Crippen LogP) is 2.86. The van der Waals surface area contributed by atoms with Crippen molar-refractivity contribution < 1.29 is 9.47 Å². The van der Waals surface area contributed by atoms with Gasteiger partial charge in [-0.05, 0) is 24.3 Å². The Kier molecular flexibility index (Phi) is 1.65. The zero-order chi connectivity index (χ0) is 10.3. The minimum atomic E-state index is 0.634. The van der Waals surface area contributed by atoms with Gasteiger partial charge in [0, 0.05) is 6.20 Å². The highest BCUT2D eigenvalue weighted by Gasteiger charge is 2.25. The van der Waals surface area contributed by atoms with E-state index in [1.165, 1.54) is 0 Å². The Hall–Kier alpha value is -2.03. The molecular weight excluding hydrogens is 190 g/mol.